The summed E-state index contributed by atoms with van der Waals surface area (Å²) in [7, 11) is 0. The fourth-order valence-electron chi connectivity index (χ4n) is 8.09. The zero-order chi connectivity index (χ0) is 37.9. The van der Waals surface area contributed by atoms with Crippen LogP contribution >= 0.6 is 11.6 Å². The third kappa shape index (κ3) is 9.56. The third-order valence-corrected chi connectivity index (χ3v) is 11.6. The molecule has 2 aromatic rings. The Morgan fingerprint density at radius 2 is 1.40 bits per heavy atom. The first-order valence-corrected chi connectivity index (χ1v) is 19.5. The first-order valence-electron chi connectivity index (χ1n) is 19.1. The second-order valence-corrected chi connectivity index (χ2v) is 16.3. The lowest BCUT2D eigenvalue weighted by molar-refractivity contribution is -0.143. The molecule has 0 radical (unpaired) electrons. The van der Waals surface area contributed by atoms with Crippen LogP contribution in [0.5, 0.6) is 0 Å². The molecule has 0 saturated carbocycles. The molecule has 6 rings (SSSR count). The lowest BCUT2D eigenvalue weighted by Gasteiger charge is -2.43. The molecule has 288 valence electrons. The molecule has 4 heterocycles. The van der Waals surface area contributed by atoms with Crippen LogP contribution in [-0.2, 0) is 27.1 Å². The third-order valence-electron chi connectivity index (χ3n) is 11.0. The molecule has 1 atom stereocenters. The highest BCUT2D eigenvalue weighted by Crippen LogP contribution is 2.27. The average molecular weight is 751 g/mol. The van der Waals surface area contributed by atoms with Crippen molar-refractivity contribution in [3.63, 3.8) is 0 Å². The summed E-state index contributed by atoms with van der Waals surface area (Å²) in [4.78, 5) is 63.2. The van der Waals surface area contributed by atoms with Gasteiger partial charge >= 0.3 is 18.2 Å². The van der Waals surface area contributed by atoms with E-state index in [-0.39, 0.29) is 30.5 Å². The summed E-state index contributed by atoms with van der Waals surface area (Å²) in [5, 5.41) is 3.74. The number of piperazine rings is 1. The quantitative estimate of drug-likeness (QED) is 0.380. The molecule has 2 aromatic carbocycles. The van der Waals surface area contributed by atoms with Crippen LogP contribution in [0.15, 0.2) is 36.4 Å². The number of piperidine rings is 2. The first kappa shape index (κ1) is 38.7. The van der Waals surface area contributed by atoms with Gasteiger partial charge in [0.15, 0.2) is 6.10 Å². The summed E-state index contributed by atoms with van der Waals surface area (Å²) in [6, 6.07) is 12.0. The number of ether oxygens (including phenoxy) is 2. The van der Waals surface area contributed by atoms with E-state index in [2.05, 4.69) is 10.2 Å². The van der Waals surface area contributed by atoms with Crippen molar-refractivity contribution >= 4 is 41.4 Å². The van der Waals surface area contributed by atoms with Crippen LogP contribution in [0.3, 0.4) is 0 Å². The highest BCUT2D eigenvalue weighted by Gasteiger charge is 2.37. The van der Waals surface area contributed by atoms with Crippen LogP contribution < -0.4 is 5.32 Å². The van der Waals surface area contributed by atoms with E-state index in [1.165, 1.54) is 0 Å². The van der Waals surface area contributed by atoms with Gasteiger partial charge in [-0.25, -0.2) is 14.4 Å². The predicted octanol–water partition coefficient (Wildman–Crippen LogP) is 6.10. The van der Waals surface area contributed by atoms with Gasteiger partial charge in [0.2, 0.25) is 0 Å². The Kier molecular flexibility index (Phi) is 12.1. The zero-order valence-corrected chi connectivity index (χ0v) is 32.6. The highest BCUT2D eigenvalue weighted by atomic mass is 35.5. The topological polar surface area (TPSA) is 115 Å². The average Bonchev–Trinajstić information content (AvgIpc) is 3.30. The Balaban J connectivity index is 1.05. The van der Waals surface area contributed by atoms with E-state index in [0.717, 1.165) is 47.2 Å². The van der Waals surface area contributed by atoms with Crippen LogP contribution in [-0.4, -0.2) is 131 Å². The summed E-state index contributed by atoms with van der Waals surface area (Å²) < 4.78 is 11.7. The number of aryl methyl sites for hydroxylation is 2. The lowest BCUT2D eigenvalue weighted by atomic mass is 10.0. The molecule has 0 bridgehead atoms. The smallest absolute Gasteiger partial charge is 0.410 e. The molecule has 53 heavy (non-hydrogen) atoms. The van der Waals surface area contributed by atoms with Crippen LogP contribution in [0.25, 0.3) is 0 Å². The van der Waals surface area contributed by atoms with Crippen LogP contribution in [0.1, 0.15) is 68.7 Å². The van der Waals surface area contributed by atoms with E-state index in [1.807, 2.05) is 80.8 Å². The Bertz CT molecular complexity index is 1630. The summed E-state index contributed by atoms with van der Waals surface area (Å²) >= 11 is 6.47. The van der Waals surface area contributed by atoms with Crippen molar-refractivity contribution in [1.82, 2.24) is 24.5 Å². The Hall–Kier alpha value is -4.03. The van der Waals surface area contributed by atoms with Gasteiger partial charge in [0.05, 0.1) is 0 Å². The SMILES string of the molecule is Cc1cc(C[C@@H](OC(=O)N2CCC(N3CCc4ccccc4NC3=O)CC2)C(=O)N2CCN(C3CCN(C(=O)OC(C)(C)C)CC3)CC2)cc(C)c1Cl. The zero-order valence-electron chi connectivity index (χ0n) is 31.9. The van der Waals surface area contributed by atoms with Gasteiger partial charge in [-0.1, -0.05) is 41.9 Å². The van der Waals surface area contributed by atoms with Crippen molar-refractivity contribution in [3.05, 3.63) is 63.7 Å². The highest BCUT2D eigenvalue weighted by molar-refractivity contribution is 6.32. The number of urea groups is 1. The van der Waals surface area contributed by atoms with Crippen molar-refractivity contribution < 1.29 is 28.7 Å². The lowest BCUT2D eigenvalue weighted by Crippen LogP contribution is -2.57. The van der Waals surface area contributed by atoms with Crippen molar-refractivity contribution in [2.45, 2.75) is 96.9 Å². The number of anilines is 1. The number of carbonyl (C=O) groups is 4. The van der Waals surface area contributed by atoms with Crippen molar-refractivity contribution in [1.29, 1.82) is 0 Å². The molecule has 13 heteroatoms. The Morgan fingerprint density at radius 1 is 0.811 bits per heavy atom. The number of halogens is 1. The molecule has 4 aliphatic rings. The monoisotopic (exact) mass is 750 g/mol. The number of para-hydroxylation sites is 1. The van der Waals surface area contributed by atoms with Gasteiger partial charge in [-0.05, 0) is 95.0 Å². The molecule has 0 unspecified atom stereocenters. The van der Waals surface area contributed by atoms with E-state index in [0.29, 0.717) is 82.8 Å². The molecule has 0 spiro atoms. The van der Waals surface area contributed by atoms with Crippen LogP contribution in [0.2, 0.25) is 5.02 Å². The number of amides is 5. The summed E-state index contributed by atoms with van der Waals surface area (Å²) in [5.74, 6) is -0.196. The normalized spacial score (nSPS) is 20.0. The molecule has 12 nitrogen and oxygen atoms in total. The molecule has 3 saturated heterocycles. The predicted molar refractivity (Wildman–Crippen MR) is 204 cm³/mol. The molecule has 3 fully saturated rings. The number of benzene rings is 2. The molecule has 5 amide bonds. The van der Waals surface area contributed by atoms with Gasteiger partial charge in [0.25, 0.3) is 5.91 Å². The maximum absolute atomic E-state index is 14.2. The fraction of sp³-hybridized carbons (Fsp3) is 0.600. The standard InChI is InChI=1S/C40H55ClN6O6/c1-27-24-29(25-28(2)35(27)41)26-34(36(48)44-22-20-43(21-23-44)31-11-15-46(16-12-31)39(51)53-40(3,4)5)52-38(50)45-17-13-32(14-18-45)47-19-10-30-8-6-7-9-33(30)42-37(47)49/h6-9,24-25,31-32,34H,10-23,26H2,1-5H3,(H,42,49)/t34-/m1/s1. The largest absolute Gasteiger partial charge is 0.444 e. The fourth-order valence-corrected chi connectivity index (χ4v) is 8.20. The number of hydrogen-bond donors (Lipinski definition) is 1. The molecular weight excluding hydrogens is 696 g/mol. The van der Waals surface area contributed by atoms with Gasteiger partial charge in [-0.2, -0.15) is 0 Å². The minimum absolute atomic E-state index is 0.00616. The van der Waals surface area contributed by atoms with Gasteiger partial charge in [0.1, 0.15) is 5.60 Å². The number of nitrogens with one attached hydrogen (secondary N) is 1. The maximum atomic E-state index is 14.2. The van der Waals surface area contributed by atoms with Gasteiger partial charge < -0.3 is 34.4 Å². The molecular formula is C40H55ClN6O6. The minimum Gasteiger partial charge on any atom is -0.444 e. The van der Waals surface area contributed by atoms with Gasteiger partial charge in [-0.3, -0.25) is 9.69 Å². The second-order valence-electron chi connectivity index (χ2n) is 15.9. The summed E-state index contributed by atoms with van der Waals surface area (Å²) in [5.41, 5.74) is 4.16. The van der Waals surface area contributed by atoms with E-state index in [9.17, 15) is 19.2 Å². The maximum Gasteiger partial charge on any atom is 0.410 e. The Labute approximate surface area is 318 Å². The van der Waals surface area contributed by atoms with Crippen LogP contribution in [0.4, 0.5) is 20.1 Å². The van der Waals surface area contributed by atoms with E-state index >= 15 is 0 Å². The minimum atomic E-state index is -0.987. The van der Waals surface area contributed by atoms with Gasteiger partial charge in [0, 0.05) is 88.1 Å². The number of hydrogen-bond acceptors (Lipinski definition) is 7. The number of rotatable bonds is 6. The van der Waals surface area contributed by atoms with Gasteiger partial charge in [-0.15, -0.1) is 0 Å². The number of likely N-dealkylation sites (tertiary alicyclic amines) is 2. The first-order chi connectivity index (χ1) is 25.3. The van der Waals surface area contributed by atoms with Crippen molar-refractivity contribution in [2.24, 2.45) is 0 Å². The van der Waals surface area contributed by atoms with E-state index < -0.39 is 17.8 Å². The number of fused-ring (bicyclic) bond motifs is 1. The van der Waals surface area contributed by atoms with Crippen molar-refractivity contribution in [2.75, 3.05) is 64.2 Å². The Morgan fingerprint density at radius 3 is 2.02 bits per heavy atom. The number of nitrogens with zero attached hydrogens (tertiary/aromatic N) is 5. The van der Waals surface area contributed by atoms with E-state index in [1.54, 1.807) is 9.80 Å². The van der Waals surface area contributed by atoms with Crippen LogP contribution in [0, 0.1) is 13.8 Å². The van der Waals surface area contributed by atoms with E-state index in [4.69, 9.17) is 21.1 Å². The summed E-state index contributed by atoms with van der Waals surface area (Å²) in [6.07, 6.45) is 2.23. The van der Waals surface area contributed by atoms with Crippen molar-refractivity contribution in [3.8, 4) is 0 Å². The summed E-state index contributed by atoms with van der Waals surface area (Å²) in [6.45, 7) is 14.8. The molecule has 4 aliphatic heterocycles. The second kappa shape index (κ2) is 16.5. The number of carbonyl (C=O) groups excluding carboxylic acids is 4. The molecule has 1 N–H and O–H groups in total. The molecule has 0 aliphatic carbocycles. The molecule has 0 aromatic heterocycles.